The van der Waals surface area contributed by atoms with E-state index in [0.29, 0.717) is 32.1 Å². The maximum Gasteiger partial charge on any atom is 0.394 e. The summed E-state index contributed by atoms with van der Waals surface area (Å²) in [7, 11) is 0. The fraction of sp³-hybridized carbons (Fsp3) is 0.786. The average Bonchev–Trinajstić information content (AvgIpc) is 2.71. The number of alkyl halides is 6. The van der Waals surface area contributed by atoms with Crippen LogP contribution in [0.2, 0.25) is 0 Å². The highest BCUT2D eigenvalue weighted by Crippen LogP contribution is 2.83. The second-order valence-corrected chi connectivity index (χ2v) is 13.9. The molecule has 1 aromatic carbocycles. The van der Waals surface area contributed by atoms with E-state index in [1.165, 1.54) is 0 Å². The highest BCUT2D eigenvalue weighted by molar-refractivity contribution is 5.37. The Balaban J connectivity index is 1.40. The van der Waals surface area contributed by atoms with Gasteiger partial charge in [0.2, 0.25) is 0 Å². The molecule has 8 fully saturated rings. The van der Waals surface area contributed by atoms with Gasteiger partial charge in [-0.2, -0.15) is 26.3 Å². The van der Waals surface area contributed by atoms with Crippen LogP contribution in [0.3, 0.4) is 0 Å². The summed E-state index contributed by atoms with van der Waals surface area (Å²) < 4.78 is 88.5. The SMILES string of the molecule is Oc1ccc(C23CC4CC(C(F)(F)F)(C2)CC(C25CC6CC(CC(C(F)(F)F)(C6)C2)C5)(C4)C3)cc1. The van der Waals surface area contributed by atoms with Gasteiger partial charge in [0, 0.05) is 0 Å². The third kappa shape index (κ3) is 2.79. The van der Waals surface area contributed by atoms with E-state index in [0.717, 1.165) is 12.0 Å². The van der Waals surface area contributed by atoms with E-state index in [4.69, 9.17) is 0 Å². The minimum Gasteiger partial charge on any atom is -0.508 e. The number of aromatic hydroxyl groups is 1. The van der Waals surface area contributed by atoms with Crippen LogP contribution in [0.4, 0.5) is 26.3 Å². The number of phenolic OH excluding ortho intramolecular Hbond substituents is 1. The minimum atomic E-state index is -4.37. The molecule has 8 aliphatic carbocycles. The maximum absolute atomic E-state index is 14.9. The molecule has 0 radical (unpaired) electrons. The molecule has 8 bridgehead atoms. The number of rotatable bonds is 2. The first-order chi connectivity index (χ1) is 16.2. The van der Waals surface area contributed by atoms with Crippen molar-refractivity contribution in [1.82, 2.24) is 0 Å². The molecule has 8 aliphatic rings. The van der Waals surface area contributed by atoms with Gasteiger partial charge in [-0.25, -0.2) is 0 Å². The van der Waals surface area contributed by atoms with Gasteiger partial charge in [-0.15, -0.1) is 0 Å². The van der Waals surface area contributed by atoms with Gasteiger partial charge in [-0.3, -0.25) is 0 Å². The van der Waals surface area contributed by atoms with Gasteiger partial charge in [0.05, 0.1) is 10.8 Å². The molecule has 35 heavy (non-hydrogen) atoms. The van der Waals surface area contributed by atoms with E-state index in [-0.39, 0.29) is 62.0 Å². The van der Waals surface area contributed by atoms with E-state index in [1.807, 2.05) is 0 Å². The first kappa shape index (κ1) is 22.8. The summed E-state index contributed by atoms with van der Waals surface area (Å²) in [6, 6.07) is 6.61. The zero-order valence-corrected chi connectivity index (χ0v) is 19.7. The zero-order valence-electron chi connectivity index (χ0n) is 19.7. The Hall–Kier alpha value is -1.40. The summed E-state index contributed by atoms with van der Waals surface area (Å²) in [4.78, 5) is 0. The highest BCUT2D eigenvalue weighted by atomic mass is 19.4. The minimum absolute atomic E-state index is 0.00715. The molecule has 7 heteroatoms. The quantitative estimate of drug-likeness (QED) is 0.407. The molecule has 0 heterocycles. The normalized spacial score (nSPS) is 50.2. The summed E-state index contributed by atoms with van der Waals surface area (Å²) >= 11 is 0. The van der Waals surface area contributed by atoms with Gasteiger partial charge in [0.1, 0.15) is 5.75 Å². The molecule has 6 unspecified atom stereocenters. The lowest BCUT2D eigenvalue weighted by atomic mass is 9.29. The molecular formula is C28H32F6O. The lowest BCUT2D eigenvalue weighted by molar-refractivity contribution is -0.341. The van der Waals surface area contributed by atoms with Crippen molar-refractivity contribution in [1.29, 1.82) is 0 Å². The van der Waals surface area contributed by atoms with Crippen molar-refractivity contribution in [3.8, 4) is 5.75 Å². The molecule has 0 spiro atoms. The fourth-order valence-corrected chi connectivity index (χ4v) is 11.7. The number of hydrogen-bond acceptors (Lipinski definition) is 1. The average molecular weight is 499 g/mol. The second kappa shape index (κ2) is 6.35. The summed E-state index contributed by atoms with van der Waals surface area (Å²) in [5.41, 5.74) is -4.74. The van der Waals surface area contributed by atoms with Crippen molar-refractivity contribution in [2.24, 2.45) is 39.4 Å². The molecule has 6 atom stereocenters. The predicted molar refractivity (Wildman–Crippen MR) is 118 cm³/mol. The second-order valence-electron chi connectivity index (χ2n) is 13.9. The molecule has 8 saturated carbocycles. The van der Waals surface area contributed by atoms with Crippen molar-refractivity contribution in [3.63, 3.8) is 0 Å². The van der Waals surface area contributed by atoms with Gasteiger partial charge < -0.3 is 5.11 Å². The molecule has 9 rings (SSSR count). The first-order valence-corrected chi connectivity index (χ1v) is 13.2. The molecule has 0 amide bonds. The van der Waals surface area contributed by atoms with E-state index in [9.17, 15) is 31.4 Å². The van der Waals surface area contributed by atoms with E-state index in [1.54, 1.807) is 24.3 Å². The monoisotopic (exact) mass is 498 g/mol. The molecular weight excluding hydrogens is 466 g/mol. The van der Waals surface area contributed by atoms with Gasteiger partial charge in [0.25, 0.3) is 0 Å². The van der Waals surface area contributed by atoms with Crippen LogP contribution in [-0.4, -0.2) is 17.5 Å². The van der Waals surface area contributed by atoms with Gasteiger partial charge >= 0.3 is 12.4 Å². The van der Waals surface area contributed by atoms with E-state index in [2.05, 4.69) is 0 Å². The highest BCUT2D eigenvalue weighted by Gasteiger charge is 2.78. The third-order valence-corrected chi connectivity index (χ3v) is 11.9. The van der Waals surface area contributed by atoms with E-state index >= 15 is 0 Å². The van der Waals surface area contributed by atoms with Gasteiger partial charge in [0.15, 0.2) is 0 Å². The van der Waals surface area contributed by atoms with Crippen molar-refractivity contribution >= 4 is 0 Å². The van der Waals surface area contributed by atoms with Crippen LogP contribution in [0, 0.1) is 39.4 Å². The Labute approximate surface area is 201 Å². The van der Waals surface area contributed by atoms with Crippen molar-refractivity contribution in [2.75, 3.05) is 0 Å². The predicted octanol–water partition coefficient (Wildman–Crippen LogP) is 8.31. The number of halogens is 6. The summed E-state index contributed by atoms with van der Waals surface area (Å²) in [6.45, 7) is 0. The van der Waals surface area contributed by atoms with Crippen LogP contribution >= 0.6 is 0 Å². The van der Waals surface area contributed by atoms with Crippen LogP contribution < -0.4 is 0 Å². The Bertz CT molecular complexity index is 1040. The standard InChI is InChI=1S/C28H32F6O/c29-27(30,31)24-9-17-5-18(10-24)8-23(7-17,15-24)25-11-19-6-22(13-25,20-1-3-21(35)4-2-20)14-26(12-19,16-25)28(32,33)34/h1-4,17-19,35H,5-16H2. The zero-order chi connectivity index (χ0) is 24.7. The largest absolute Gasteiger partial charge is 0.508 e. The van der Waals surface area contributed by atoms with Crippen molar-refractivity contribution in [2.45, 2.75) is 94.8 Å². The maximum atomic E-state index is 14.9. The Kier molecular flexibility index (Phi) is 4.13. The van der Waals surface area contributed by atoms with Crippen LogP contribution in [0.5, 0.6) is 5.75 Å². The van der Waals surface area contributed by atoms with Crippen LogP contribution in [0.25, 0.3) is 0 Å². The molecule has 192 valence electrons. The van der Waals surface area contributed by atoms with Crippen LogP contribution in [0.15, 0.2) is 24.3 Å². The van der Waals surface area contributed by atoms with E-state index < -0.39 is 39.4 Å². The molecule has 0 aromatic heterocycles. The summed E-state index contributed by atoms with van der Waals surface area (Å²) in [6.07, 6.45) is -4.10. The smallest absolute Gasteiger partial charge is 0.394 e. The lowest BCUT2D eigenvalue weighted by Gasteiger charge is -2.75. The summed E-state index contributed by atoms with van der Waals surface area (Å²) in [5, 5.41) is 9.84. The Morgan fingerprint density at radius 1 is 0.600 bits per heavy atom. The molecule has 1 N–H and O–H groups in total. The van der Waals surface area contributed by atoms with Gasteiger partial charge in [-0.05, 0) is 129 Å². The van der Waals surface area contributed by atoms with Crippen molar-refractivity contribution in [3.05, 3.63) is 29.8 Å². The first-order valence-electron chi connectivity index (χ1n) is 13.2. The number of phenols is 1. The Morgan fingerprint density at radius 2 is 1.14 bits per heavy atom. The Morgan fingerprint density at radius 3 is 1.74 bits per heavy atom. The molecule has 1 aromatic rings. The van der Waals surface area contributed by atoms with Crippen molar-refractivity contribution < 1.29 is 31.4 Å². The number of hydrogen-bond donors (Lipinski definition) is 1. The third-order valence-electron chi connectivity index (χ3n) is 11.9. The van der Waals surface area contributed by atoms with Gasteiger partial charge in [-0.1, -0.05) is 12.1 Å². The van der Waals surface area contributed by atoms with Crippen LogP contribution in [-0.2, 0) is 5.41 Å². The van der Waals surface area contributed by atoms with Crippen LogP contribution in [0.1, 0.15) is 82.6 Å². The lowest BCUT2D eigenvalue weighted by Crippen LogP contribution is -2.70. The topological polar surface area (TPSA) is 20.2 Å². The summed E-state index contributed by atoms with van der Waals surface area (Å²) in [5.74, 6) is -0.0712. The fourth-order valence-electron chi connectivity index (χ4n) is 11.7. The molecule has 1 nitrogen and oxygen atoms in total. The number of benzene rings is 1. The molecule has 0 aliphatic heterocycles. The molecule has 0 saturated heterocycles.